The molecule has 1 aromatic carbocycles. The number of nitrogens with zero attached hydrogens (tertiary/aromatic N) is 1. The topological polar surface area (TPSA) is 41.6 Å². The first-order valence-corrected chi connectivity index (χ1v) is 5.91. The van der Waals surface area contributed by atoms with Gasteiger partial charge in [0.05, 0.1) is 17.3 Å². The van der Waals surface area contributed by atoms with Crippen LogP contribution in [0.1, 0.15) is 0 Å². The van der Waals surface area contributed by atoms with E-state index in [-0.39, 0.29) is 6.03 Å². The fourth-order valence-corrected chi connectivity index (χ4v) is 2.04. The first-order valence-electron chi connectivity index (χ1n) is 4.74. The maximum absolute atomic E-state index is 11.6. The number of benzene rings is 1. The lowest BCUT2D eigenvalue weighted by atomic mass is 10.2. The molecule has 0 aromatic heterocycles. The molecule has 4 nitrogen and oxygen atoms in total. The molecule has 86 valence electrons. The highest BCUT2D eigenvalue weighted by molar-refractivity contribution is 9.10. The average molecular weight is 306 g/mol. The number of rotatable bonds is 0. The molecule has 1 heterocycles. The zero-order valence-electron chi connectivity index (χ0n) is 8.59. The van der Waals surface area contributed by atoms with Crippen LogP contribution in [0.4, 0.5) is 10.5 Å². The van der Waals surface area contributed by atoms with Gasteiger partial charge in [0.15, 0.2) is 0 Å². The van der Waals surface area contributed by atoms with Gasteiger partial charge < -0.3 is 10.1 Å². The zero-order valence-corrected chi connectivity index (χ0v) is 10.9. The van der Waals surface area contributed by atoms with Gasteiger partial charge in [-0.15, -0.1) is 0 Å². The normalized spacial score (nSPS) is 14.1. The second-order valence-electron chi connectivity index (χ2n) is 3.29. The van der Waals surface area contributed by atoms with Gasteiger partial charge >= 0.3 is 6.03 Å². The van der Waals surface area contributed by atoms with Gasteiger partial charge in [0.25, 0.3) is 0 Å². The smallest absolute Gasteiger partial charge is 0.321 e. The van der Waals surface area contributed by atoms with Crippen molar-refractivity contribution < 1.29 is 9.53 Å². The summed E-state index contributed by atoms with van der Waals surface area (Å²) >= 11 is 9.32. The van der Waals surface area contributed by atoms with E-state index in [1.165, 1.54) is 0 Å². The largest absolute Gasteiger partial charge is 0.489 e. The molecule has 0 radical (unpaired) electrons. The highest BCUT2D eigenvalue weighted by Gasteiger charge is 2.24. The number of fused-ring (bicyclic) bond motifs is 1. The molecule has 0 atom stereocenters. The molecule has 1 aliphatic rings. The average Bonchev–Trinajstić information content (AvgIpc) is 2.29. The number of hydrogen-bond donors (Lipinski definition) is 1. The minimum atomic E-state index is -0.164. The summed E-state index contributed by atoms with van der Waals surface area (Å²) < 4.78 is 6.23. The molecular weight excluding hydrogens is 295 g/mol. The van der Waals surface area contributed by atoms with Gasteiger partial charge in [-0.3, -0.25) is 4.90 Å². The van der Waals surface area contributed by atoms with E-state index >= 15 is 0 Å². The predicted molar refractivity (Wildman–Crippen MR) is 66.4 cm³/mol. The Bertz CT molecular complexity index is 439. The molecule has 6 heteroatoms. The van der Waals surface area contributed by atoms with Crippen LogP contribution in [0.2, 0.25) is 5.02 Å². The van der Waals surface area contributed by atoms with Crippen molar-refractivity contribution in [3.05, 3.63) is 21.6 Å². The van der Waals surface area contributed by atoms with Gasteiger partial charge in [-0.2, -0.15) is 0 Å². The maximum atomic E-state index is 11.6. The summed E-state index contributed by atoms with van der Waals surface area (Å²) in [6.07, 6.45) is 0. The van der Waals surface area contributed by atoms with Crippen LogP contribution in [-0.2, 0) is 0 Å². The Hall–Kier alpha value is -0.940. The van der Waals surface area contributed by atoms with Crippen molar-refractivity contribution in [1.29, 1.82) is 0 Å². The quantitative estimate of drug-likeness (QED) is 0.800. The number of urea groups is 1. The molecule has 1 aliphatic heterocycles. The molecule has 0 spiro atoms. The fourth-order valence-electron chi connectivity index (χ4n) is 1.56. The number of halogens is 2. The number of ether oxygens (including phenoxy) is 1. The standard InChI is InChI=1S/C10H10BrClN2O2/c1-13-10(15)14-2-3-16-9-4-6(11)7(12)5-8(9)14/h4-5H,2-3H2,1H3,(H,13,15). The Labute approximate surface area is 107 Å². The van der Waals surface area contributed by atoms with Gasteiger partial charge in [-0.25, -0.2) is 4.79 Å². The number of nitrogens with one attached hydrogen (secondary N) is 1. The number of hydrogen-bond acceptors (Lipinski definition) is 2. The summed E-state index contributed by atoms with van der Waals surface area (Å²) in [6.45, 7) is 0.999. The molecule has 16 heavy (non-hydrogen) atoms. The molecule has 0 unspecified atom stereocenters. The van der Waals surface area contributed by atoms with Crippen molar-refractivity contribution in [2.75, 3.05) is 25.1 Å². The Morgan fingerprint density at radius 2 is 2.38 bits per heavy atom. The molecule has 0 bridgehead atoms. The SMILES string of the molecule is CNC(=O)N1CCOc2cc(Br)c(Cl)cc21. The van der Waals surface area contributed by atoms with E-state index in [0.29, 0.717) is 29.6 Å². The number of carbonyl (C=O) groups excluding carboxylic acids is 1. The van der Waals surface area contributed by atoms with Gasteiger partial charge in [0, 0.05) is 11.5 Å². The van der Waals surface area contributed by atoms with Crippen molar-refractivity contribution in [2.45, 2.75) is 0 Å². The molecular formula is C10H10BrClN2O2. The van der Waals surface area contributed by atoms with Crippen LogP contribution in [0.3, 0.4) is 0 Å². The second kappa shape index (κ2) is 4.51. The Balaban J connectivity index is 2.45. The summed E-state index contributed by atoms with van der Waals surface area (Å²) in [5.41, 5.74) is 0.693. The first kappa shape index (κ1) is 11.5. The van der Waals surface area contributed by atoms with Gasteiger partial charge in [0.1, 0.15) is 12.4 Å². The number of amides is 2. The van der Waals surface area contributed by atoms with Crippen molar-refractivity contribution in [1.82, 2.24) is 5.32 Å². The van der Waals surface area contributed by atoms with E-state index < -0.39 is 0 Å². The van der Waals surface area contributed by atoms with Crippen LogP contribution in [0.25, 0.3) is 0 Å². The molecule has 2 amide bonds. The molecule has 1 N–H and O–H groups in total. The number of anilines is 1. The second-order valence-corrected chi connectivity index (χ2v) is 4.55. The molecule has 2 rings (SSSR count). The van der Waals surface area contributed by atoms with Crippen LogP contribution >= 0.6 is 27.5 Å². The fraction of sp³-hybridized carbons (Fsp3) is 0.300. The zero-order chi connectivity index (χ0) is 11.7. The summed E-state index contributed by atoms with van der Waals surface area (Å²) in [5.74, 6) is 0.658. The van der Waals surface area contributed by atoms with Gasteiger partial charge in [0.2, 0.25) is 0 Å². The van der Waals surface area contributed by atoms with Crippen molar-refractivity contribution in [3.63, 3.8) is 0 Å². The summed E-state index contributed by atoms with van der Waals surface area (Å²) in [7, 11) is 1.60. The Kier molecular flexibility index (Phi) is 3.25. The van der Waals surface area contributed by atoms with Crippen molar-refractivity contribution >= 4 is 39.2 Å². The van der Waals surface area contributed by atoms with Crippen molar-refractivity contribution in [3.8, 4) is 5.75 Å². The van der Waals surface area contributed by atoms with E-state index in [1.54, 1.807) is 24.1 Å². The van der Waals surface area contributed by atoms with E-state index in [2.05, 4.69) is 21.2 Å². The van der Waals surface area contributed by atoms with Crippen LogP contribution in [0, 0.1) is 0 Å². The van der Waals surface area contributed by atoms with Crippen LogP contribution in [0.5, 0.6) is 5.75 Å². The van der Waals surface area contributed by atoms with Crippen LogP contribution in [-0.4, -0.2) is 26.2 Å². The molecule has 0 saturated carbocycles. The van der Waals surface area contributed by atoms with Gasteiger partial charge in [-0.05, 0) is 28.1 Å². The minimum Gasteiger partial charge on any atom is -0.489 e. The third-order valence-corrected chi connectivity index (χ3v) is 3.52. The lowest BCUT2D eigenvalue weighted by Gasteiger charge is -2.29. The van der Waals surface area contributed by atoms with E-state index in [0.717, 1.165) is 4.47 Å². The summed E-state index contributed by atoms with van der Waals surface area (Å²) in [5, 5.41) is 3.14. The first-order chi connectivity index (χ1) is 7.63. The van der Waals surface area contributed by atoms with Crippen LogP contribution < -0.4 is 15.0 Å². The molecule has 1 aromatic rings. The van der Waals surface area contributed by atoms with E-state index in [4.69, 9.17) is 16.3 Å². The highest BCUT2D eigenvalue weighted by Crippen LogP contribution is 2.38. The minimum absolute atomic E-state index is 0.164. The van der Waals surface area contributed by atoms with E-state index in [1.807, 2.05) is 0 Å². The highest BCUT2D eigenvalue weighted by atomic mass is 79.9. The monoisotopic (exact) mass is 304 g/mol. The third kappa shape index (κ3) is 1.97. The van der Waals surface area contributed by atoms with Crippen LogP contribution in [0.15, 0.2) is 16.6 Å². The Morgan fingerprint density at radius 3 is 3.06 bits per heavy atom. The molecule has 0 aliphatic carbocycles. The lowest BCUT2D eigenvalue weighted by molar-refractivity contribution is 0.241. The Morgan fingerprint density at radius 1 is 1.62 bits per heavy atom. The van der Waals surface area contributed by atoms with Crippen molar-refractivity contribution in [2.24, 2.45) is 0 Å². The maximum Gasteiger partial charge on any atom is 0.321 e. The van der Waals surface area contributed by atoms with E-state index in [9.17, 15) is 4.79 Å². The number of carbonyl (C=O) groups is 1. The molecule has 0 fully saturated rings. The molecule has 0 saturated heterocycles. The third-order valence-electron chi connectivity index (χ3n) is 2.32. The summed E-state index contributed by atoms with van der Waals surface area (Å²) in [4.78, 5) is 13.2. The summed E-state index contributed by atoms with van der Waals surface area (Å²) in [6, 6.07) is 3.32. The predicted octanol–water partition coefficient (Wildman–Crippen LogP) is 2.64. The lowest BCUT2D eigenvalue weighted by Crippen LogP contribution is -2.43. The van der Waals surface area contributed by atoms with Gasteiger partial charge in [-0.1, -0.05) is 11.6 Å².